The number of benzene rings is 1. The second kappa shape index (κ2) is 6.35. The number of nitrogens with one attached hydrogen (secondary N) is 1. The van der Waals surface area contributed by atoms with Gasteiger partial charge in [-0.3, -0.25) is 10.1 Å². The number of hydrogen-bond donors (Lipinski definition) is 1. The number of rotatable bonds is 6. The van der Waals surface area contributed by atoms with Crippen molar-refractivity contribution in [3.8, 4) is 11.8 Å². The largest absolute Gasteiger partial charge is 0.493 e. The SMILES string of the molecule is CNC(C)(C#N)CCOc1cc(C)c([N+](=O)[O-])cc1C. The molecule has 20 heavy (non-hydrogen) atoms. The second-order valence-electron chi connectivity index (χ2n) is 4.95. The molecule has 1 rings (SSSR count). The van der Waals surface area contributed by atoms with E-state index in [1.54, 1.807) is 33.9 Å². The van der Waals surface area contributed by atoms with Crippen LogP contribution in [0.4, 0.5) is 5.69 Å². The molecule has 0 bridgehead atoms. The first-order valence-corrected chi connectivity index (χ1v) is 6.31. The van der Waals surface area contributed by atoms with E-state index in [0.29, 0.717) is 29.9 Å². The Bertz CT molecular complexity index is 551. The van der Waals surface area contributed by atoms with Crippen molar-refractivity contribution in [1.29, 1.82) is 5.26 Å². The van der Waals surface area contributed by atoms with E-state index < -0.39 is 10.5 Å². The van der Waals surface area contributed by atoms with Gasteiger partial charge in [0.1, 0.15) is 11.3 Å². The number of nitro benzene ring substituents is 1. The molecule has 0 amide bonds. The van der Waals surface area contributed by atoms with Gasteiger partial charge >= 0.3 is 0 Å². The summed E-state index contributed by atoms with van der Waals surface area (Å²) in [5, 5.41) is 22.8. The Balaban J connectivity index is 2.78. The van der Waals surface area contributed by atoms with Crippen molar-refractivity contribution in [2.24, 2.45) is 0 Å². The van der Waals surface area contributed by atoms with Crippen molar-refractivity contribution < 1.29 is 9.66 Å². The Morgan fingerprint density at radius 2 is 2.10 bits per heavy atom. The molecular formula is C14H19N3O3. The summed E-state index contributed by atoms with van der Waals surface area (Å²) >= 11 is 0. The van der Waals surface area contributed by atoms with Gasteiger partial charge in [-0.2, -0.15) is 5.26 Å². The van der Waals surface area contributed by atoms with Gasteiger partial charge in [0.25, 0.3) is 5.69 Å². The zero-order valence-electron chi connectivity index (χ0n) is 12.2. The molecule has 0 aliphatic carbocycles. The number of ether oxygens (including phenoxy) is 1. The third-order valence-corrected chi connectivity index (χ3v) is 3.35. The summed E-state index contributed by atoms with van der Waals surface area (Å²) in [6.45, 7) is 5.61. The highest BCUT2D eigenvalue weighted by molar-refractivity contribution is 5.49. The molecule has 0 heterocycles. The normalized spacial score (nSPS) is 13.3. The van der Waals surface area contributed by atoms with Gasteiger partial charge in [-0.05, 0) is 39.4 Å². The lowest BCUT2D eigenvalue weighted by Crippen LogP contribution is -2.39. The molecule has 1 unspecified atom stereocenters. The van der Waals surface area contributed by atoms with Crippen LogP contribution in [0.5, 0.6) is 5.75 Å². The molecule has 0 spiro atoms. The molecule has 6 nitrogen and oxygen atoms in total. The van der Waals surface area contributed by atoms with E-state index in [2.05, 4.69) is 11.4 Å². The number of hydrogen-bond acceptors (Lipinski definition) is 5. The Morgan fingerprint density at radius 3 is 2.60 bits per heavy atom. The fourth-order valence-corrected chi connectivity index (χ4v) is 1.73. The predicted molar refractivity (Wildman–Crippen MR) is 75.8 cm³/mol. The van der Waals surface area contributed by atoms with E-state index in [-0.39, 0.29) is 5.69 Å². The summed E-state index contributed by atoms with van der Waals surface area (Å²) in [5.74, 6) is 0.615. The molecule has 0 fully saturated rings. The molecule has 0 saturated carbocycles. The van der Waals surface area contributed by atoms with E-state index in [4.69, 9.17) is 10.00 Å². The first-order valence-electron chi connectivity index (χ1n) is 6.31. The summed E-state index contributed by atoms with van der Waals surface area (Å²) < 4.78 is 5.64. The van der Waals surface area contributed by atoms with Crippen LogP contribution in [-0.4, -0.2) is 24.1 Å². The van der Waals surface area contributed by atoms with Crippen LogP contribution in [0.1, 0.15) is 24.5 Å². The molecular weight excluding hydrogens is 258 g/mol. The highest BCUT2D eigenvalue weighted by Gasteiger charge is 2.21. The molecule has 0 saturated heterocycles. The minimum atomic E-state index is -0.635. The lowest BCUT2D eigenvalue weighted by Gasteiger charge is -2.21. The average molecular weight is 277 g/mol. The van der Waals surface area contributed by atoms with Crippen LogP contribution in [0.2, 0.25) is 0 Å². The fraction of sp³-hybridized carbons (Fsp3) is 0.500. The van der Waals surface area contributed by atoms with Gasteiger partial charge in [-0.1, -0.05) is 0 Å². The van der Waals surface area contributed by atoms with Gasteiger partial charge in [0.15, 0.2) is 0 Å². The van der Waals surface area contributed by atoms with Crippen molar-refractivity contribution in [2.45, 2.75) is 32.7 Å². The Kier molecular flexibility index (Phi) is 5.06. The van der Waals surface area contributed by atoms with E-state index in [0.717, 1.165) is 0 Å². The van der Waals surface area contributed by atoms with E-state index in [1.165, 1.54) is 6.07 Å². The van der Waals surface area contributed by atoms with Crippen LogP contribution in [-0.2, 0) is 0 Å². The first-order chi connectivity index (χ1) is 9.33. The predicted octanol–water partition coefficient (Wildman–Crippen LogP) is 2.48. The van der Waals surface area contributed by atoms with Gasteiger partial charge in [0, 0.05) is 18.1 Å². The maximum Gasteiger partial charge on any atom is 0.272 e. The van der Waals surface area contributed by atoms with Gasteiger partial charge < -0.3 is 10.1 Å². The van der Waals surface area contributed by atoms with Gasteiger partial charge in [-0.25, -0.2) is 0 Å². The maximum absolute atomic E-state index is 10.8. The number of nitrogens with zero attached hydrogens (tertiary/aromatic N) is 2. The van der Waals surface area contributed by atoms with Crippen molar-refractivity contribution >= 4 is 5.69 Å². The minimum Gasteiger partial charge on any atom is -0.493 e. The van der Waals surface area contributed by atoms with Crippen LogP contribution in [0, 0.1) is 35.3 Å². The van der Waals surface area contributed by atoms with Crippen LogP contribution in [0.3, 0.4) is 0 Å². The average Bonchev–Trinajstić information content (AvgIpc) is 2.41. The fourth-order valence-electron chi connectivity index (χ4n) is 1.73. The number of nitriles is 1. The summed E-state index contributed by atoms with van der Waals surface area (Å²) in [4.78, 5) is 10.4. The summed E-state index contributed by atoms with van der Waals surface area (Å²) in [6, 6.07) is 5.35. The maximum atomic E-state index is 10.8. The quantitative estimate of drug-likeness (QED) is 0.637. The van der Waals surface area contributed by atoms with Crippen molar-refractivity contribution in [3.05, 3.63) is 33.4 Å². The second-order valence-corrected chi connectivity index (χ2v) is 4.95. The van der Waals surface area contributed by atoms with Crippen LogP contribution in [0.15, 0.2) is 12.1 Å². The van der Waals surface area contributed by atoms with Crippen LogP contribution < -0.4 is 10.1 Å². The zero-order valence-corrected chi connectivity index (χ0v) is 12.2. The Labute approximate surface area is 118 Å². The standard InChI is InChI=1S/C14H19N3O3/c1-10-8-13(11(2)7-12(10)17(18)19)20-6-5-14(3,9-15)16-4/h7-8,16H,5-6H2,1-4H3. The summed E-state index contributed by atoms with van der Waals surface area (Å²) in [7, 11) is 1.73. The minimum absolute atomic E-state index is 0.0898. The molecule has 0 aromatic heterocycles. The van der Waals surface area contributed by atoms with E-state index in [1.807, 2.05) is 0 Å². The van der Waals surface area contributed by atoms with Crippen molar-refractivity contribution in [2.75, 3.05) is 13.7 Å². The lowest BCUT2D eigenvalue weighted by atomic mass is 10.0. The third-order valence-electron chi connectivity index (χ3n) is 3.35. The monoisotopic (exact) mass is 277 g/mol. The highest BCUT2D eigenvalue weighted by Crippen LogP contribution is 2.28. The third kappa shape index (κ3) is 3.68. The van der Waals surface area contributed by atoms with E-state index in [9.17, 15) is 10.1 Å². The molecule has 1 aromatic rings. The van der Waals surface area contributed by atoms with E-state index >= 15 is 0 Å². The molecule has 1 aromatic carbocycles. The number of nitro groups is 1. The summed E-state index contributed by atoms with van der Waals surface area (Å²) in [5.41, 5.74) is 0.730. The van der Waals surface area contributed by atoms with Crippen molar-refractivity contribution in [1.82, 2.24) is 5.32 Å². The molecule has 1 atom stereocenters. The Morgan fingerprint density at radius 1 is 1.45 bits per heavy atom. The summed E-state index contributed by atoms with van der Waals surface area (Å²) in [6.07, 6.45) is 0.523. The highest BCUT2D eigenvalue weighted by atomic mass is 16.6. The number of aryl methyl sites for hydroxylation is 2. The zero-order chi connectivity index (χ0) is 15.3. The first kappa shape index (κ1) is 15.9. The lowest BCUT2D eigenvalue weighted by molar-refractivity contribution is -0.385. The topological polar surface area (TPSA) is 88.2 Å². The molecule has 0 aliphatic heterocycles. The van der Waals surface area contributed by atoms with Gasteiger partial charge in [0.05, 0.1) is 17.6 Å². The molecule has 108 valence electrons. The van der Waals surface area contributed by atoms with Gasteiger partial charge in [-0.15, -0.1) is 0 Å². The van der Waals surface area contributed by atoms with Gasteiger partial charge in [0.2, 0.25) is 0 Å². The molecule has 1 N–H and O–H groups in total. The van der Waals surface area contributed by atoms with Crippen LogP contribution in [0.25, 0.3) is 0 Å². The molecule has 0 radical (unpaired) electrons. The van der Waals surface area contributed by atoms with Crippen LogP contribution >= 0.6 is 0 Å². The smallest absolute Gasteiger partial charge is 0.272 e. The molecule has 0 aliphatic rings. The Hall–Kier alpha value is -2.13. The molecule has 6 heteroatoms. The van der Waals surface area contributed by atoms with Crippen molar-refractivity contribution in [3.63, 3.8) is 0 Å².